The van der Waals surface area contributed by atoms with Crippen LogP contribution in [0.15, 0.2) is 12.2 Å². The summed E-state index contributed by atoms with van der Waals surface area (Å²) in [6.45, 7) is 13.4. The normalized spacial score (nSPS) is 39.7. The lowest BCUT2D eigenvalue weighted by Gasteiger charge is -2.62. The van der Waals surface area contributed by atoms with Crippen molar-refractivity contribution in [3.05, 3.63) is 12.2 Å². The molecule has 0 aromatic rings. The molecule has 4 aliphatic carbocycles. The van der Waals surface area contributed by atoms with Gasteiger partial charge < -0.3 is 18.9 Å². The van der Waals surface area contributed by atoms with Crippen LogP contribution in [0.25, 0.3) is 0 Å². The second-order valence-electron chi connectivity index (χ2n) is 11.5. The van der Waals surface area contributed by atoms with Gasteiger partial charge in [0.2, 0.25) is 0 Å². The zero-order valence-corrected chi connectivity index (χ0v) is 20.4. The maximum Gasteiger partial charge on any atom is 0.333 e. The second kappa shape index (κ2) is 8.75. The Morgan fingerprint density at radius 3 is 2.06 bits per heavy atom. The van der Waals surface area contributed by atoms with E-state index in [1.807, 2.05) is 13.8 Å². The molecule has 4 bridgehead atoms. The summed E-state index contributed by atoms with van der Waals surface area (Å²) in [6, 6.07) is 0. The standard InChI is InChI=1S/C26H40O6/c1-15(2)24(28)29-14-22-12-21(30-25(5,6)31-22)13-23(27)32-26(16(3)4)19-8-17-7-18(10-19)11-20(26)9-17/h16-22H,1,7-14H2,2-6H3. The summed E-state index contributed by atoms with van der Waals surface area (Å²) >= 11 is 0. The molecule has 0 spiro atoms. The van der Waals surface area contributed by atoms with E-state index in [1.165, 1.54) is 32.1 Å². The summed E-state index contributed by atoms with van der Waals surface area (Å²) in [5.74, 6) is 1.47. The summed E-state index contributed by atoms with van der Waals surface area (Å²) in [4.78, 5) is 25.0. The first-order chi connectivity index (χ1) is 15.0. The van der Waals surface area contributed by atoms with Gasteiger partial charge in [-0.3, -0.25) is 4.79 Å². The fraction of sp³-hybridized carbons (Fsp3) is 0.846. The molecular formula is C26H40O6. The Morgan fingerprint density at radius 1 is 0.969 bits per heavy atom. The lowest BCUT2D eigenvalue weighted by Crippen LogP contribution is -2.62. The molecule has 4 saturated carbocycles. The molecule has 0 amide bonds. The Balaban J connectivity index is 1.40. The van der Waals surface area contributed by atoms with Crippen molar-refractivity contribution < 1.29 is 28.5 Å². The SMILES string of the molecule is C=C(C)C(=O)OCC1CC(CC(=O)OC2(C(C)C)C3CC4CC(C3)CC2C4)OC(C)(C)O1. The summed E-state index contributed by atoms with van der Waals surface area (Å²) in [5.41, 5.74) is 0.0211. The van der Waals surface area contributed by atoms with Crippen molar-refractivity contribution >= 4 is 11.9 Å². The van der Waals surface area contributed by atoms with Crippen LogP contribution in [0.4, 0.5) is 0 Å². The number of ether oxygens (including phenoxy) is 4. The molecule has 1 aliphatic heterocycles. The second-order valence-corrected chi connectivity index (χ2v) is 11.5. The molecule has 5 rings (SSSR count). The van der Waals surface area contributed by atoms with Crippen molar-refractivity contribution in [2.24, 2.45) is 29.6 Å². The van der Waals surface area contributed by atoms with Crippen LogP contribution in [0.2, 0.25) is 0 Å². The van der Waals surface area contributed by atoms with Gasteiger partial charge in [-0.1, -0.05) is 20.4 Å². The number of carbonyl (C=O) groups excluding carboxylic acids is 2. The minimum atomic E-state index is -0.859. The van der Waals surface area contributed by atoms with Gasteiger partial charge in [0.05, 0.1) is 18.6 Å². The van der Waals surface area contributed by atoms with Gasteiger partial charge in [-0.05, 0) is 82.5 Å². The fourth-order valence-corrected chi connectivity index (χ4v) is 7.31. The summed E-state index contributed by atoms with van der Waals surface area (Å²) in [6.07, 6.45) is 6.19. The molecule has 1 heterocycles. The van der Waals surface area contributed by atoms with Crippen LogP contribution in [-0.4, -0.2) is 42.1 Å². The van der Waals surface area contributed by atoms with Crippen LogP contribution in [0.5, 0.6) is 0 Å². The first-order valence-electron chi connectivity index (χ1n) is 12.4. The van der Waals surface area contributed by atoms with Crippen molar-refractivity contribution in [2.75, 3.05) is 6.61 Å². The van der Waals surface area contributed by atoms with Gasteiger partial charge in [-0.25, -0.2) is 4.79 Å². The van der Waals surface area contributed by atoms with Gasteiger partial charge in [0.1, 0.15) is 12.2 Å². The van der Waals surface area contributed by atoms with Crippen molar-refractivity contribution in [1.29, 1.82) is 0 Å². The highest BCUT2D eigenvalue weighted by atomic mass is 16.7. The lowest BCUT2D eigenvalue weighted by molar-refractivity contribution is -0.305. The van der Waals surface area contributed by atoms with E-state index >= 15 is 0 Å². The van der Waals surface area contributed by atoms with Crippen LogP contribution in [0, 0.1) is 29.6 Å². The van der Waals surface area contributed by atoms with E-state index in [2.05, 4.69) is 20.4 Å². The van der Waals surface area contributed by atoms with E-state index in [0.717, 1.165) is 11.8 Å². The maximum atomic E-state index is 13.2. The molecule has 0 aromatic carbocycles. The Hall–Kier alpha value is -1.40. The molecule has 0 N–H and O–H groups in total. The molecule has 0 radical (unpaired) electrons. The number of hydrogen-bond acceptors (Lipinski definition) is 6. The topological polar surface area (TPSA) is 71.1 Å². The zero-order valence-electron chi connectivity index (χ0n) is 20.4. The predicted octanol–water partition coefficient (Wildman–Crippen LogP) is 4.80. The number of esters is 2. The van der Waals surface area contributed by atoms with Crippen molar-refractivity contribution in [1.82, 2.24) is 0 Å². The van der Waals surface area contributed by atoms with E-state index < -0.39 is 11.8 Å². The maximum absolute atomic E-state index is 13.2. The van der Waals surface area contributed by atoms with Gasteiger partial charge in [-0.2, -0.15) is 0 Å². The van der Waals surface area contributed by atoms with Gasteiger partial charge >= 0.3 is 11.9 Å². The van der Waals surface area contributed by atoms with Crippen LogP contribution < -0.4 is 0 Å². The summed E-state index contributed by atoms with van der Waals surface area (Å²) in [7, 11) is 0. The van der Waals surface area contributed by atoms with Crippen LogP contribution >= 0.6 is 0 Å². The third kappa shape index (κ3) is 4.63. The molecule has 5 aliphatic rings. The van der Waals surface area contributed by atoms with Gasteiger partial charge in [0.25, 0.3) is 0 Å². The van der Waals surface area contributed by atoms with Gasteiger partial charge in [0, 0.05) is 12.0 Å². The lowest BCUT2D eigenvalue weighted by atomic mass is 9.47. The van der Waals surface area contributed by atoms with Gasteiger partial charge in [0.15, 0.2) is 5.79 Å². The smallest absolute Gasteiger partial charge is 0.333 e. The molecule has 1 saturated heterocycles. The fourth-order valence-electron chi connectivity index (χ4n) is 7.31. The Labute approximate surface area is 192 Å². The quantitative estimate of drug-likeness (QED) is 0.412. The minimum absolute atomic E-state index is 0.118. The minimum Gasteiger partial charge on any atom is -0.460 e. The predicted molar refractivity (Wildman–Crippen MR) is 120 cm³/mol. The molecule has 5 fully saturated rings. The number of carbonyl (C=O) groups is 2. The van der Waals surface area contributed by atoms with Crippen molar-refractivity contribution in [2.45, 2.75) is 103 Å². The first kappa shape index (κ1) is 23.7. The van der Waals surface area contributed by atoms with E-state index in [1.54, 1.807) is 6.92 Å². The number of hydrogen-bond donors (Lipinski definition) is 0. The highest BCUT2D eigenvalue weighted by Gasteiger charge is 2.60. The Bertz CT molecular complexity index is 725. The largest absolute Gasteiger partial charge is 0.460 e. The molecule has 6 nitrogen and oxygen atoms in total. The third-order valence-electron chi connectivity index (χ3n) is 8.18. The molecule has 2 atom stereocenters. The highest BCUT2D eigenvalue weighted by Crippen LogP contribution is 2.61. The zero-order chi connectivity index (χ0) is 23.3. The van der Waals surface area contributed by atoms with E-state index in [-0.39, 0.29) is 36.8 Å². The van der Waals surface area contributed by atoms with E-state index in [0.29, 0.717) is 29.7 Å². The molecule has 6 heteroatoms. The Morgan fingerprint density at radius 2 is 1.53 bits per heavy atom. The van der Waals surface area contributed by atoms with Gasteiger partial charge in [-0.15, -0.1) is 0 Å². The molecule has 0 aromatic heterocycles. The molecule has 2 unspecified atom stereocenters. The highest BCUT2D eigenvalue weighted by molar-refractivity contribution is 5.86. The van der Waals surface area contributed by atoms with E-state index in [9.17, 15) is 9.59 Å². The van der Waals surface area contributed by atoms with E-state index in [4.69, 9.17) is 18.9 Å². The van der Waals surface area contributed by atoms with Crippen molar-refractivity contribution in [3.8, 4) is 0 Å². The van der Waals surface area contributed by atoms with Crippen LogP contribution in [-0.2, 0) is 28.5 Å². The van der Waals surface area contributed by atoms with Crippen LogP contribution in [0.3, 0.4) is 0 Å². The average Bonchev–Trinajstić information content (AvgIpc) is 2.66. The first-order valence-corrected chi connectivity index (χ1v) is 12.4. The average molecular weight is 449 g/mol. The van der Waals surface area contributed by atoms with Crippen LogP contribution in [0.1, 0.15) is 79.6 Å². The molecule has 180 valence electrons. The molecular weight excluding hydrogens is 408 g/mol. The third-order valence-corrected chi connectivity index (χ3v) is 8.18. The molecule has 32 heavy (non-hydrogen) atoms. The Kier molecular flexibility index (Phi) is 6.49. The number of rotatable bonds is 7. The van der Waals surface area contributed by atoms with Crippen molar-refractivity contribution in [3.63, 3.8) is 0 Å². The monoisotopic (exact) mass is 448 g/mol. The summed E-state index contributed by atoms with van der Waals surface area (Å²) < 4.78 is 23.7. The summed E-state index contributed by atoms with van der Waals surface area (Å²) in [5, 5.41) is 0.